The molecule has 1 aromatic carbocycles. The molecule has 2 aromatic rings. The topological polar surface area (TPSA) is 68.5 Å². The Morgan fingerprint density at radius 2 is 2.17 bits per heavy atom. The normalized spacial score (nSPS) is 18.0. The van der Waals surface area contributed by atoms with Crippen molar-refractivity contribution in [2.24, 2.45) is 0 Å². The second-order valence-corrected chi connectivity index (χ2v) is 7.11. The van der Waals surface area contributed by atoms with E-state index >= 15 is 0 Å². The molecule has 0 saturated carbocycles. The van der Waals surface area contributed by atoms with Gasteiger partial charge in [0.1, 0.15) is 0 Å². The van der Waals surface area contributed by atoms with Gasteiger partial charge in [0.15, 0.2) is 5.82 Å². The lowest BCUT2D eigenvalue weighted by Gasteiger charge is -2.34. The fourth-order valence-corrected chi connectivity index (χ4v) is 3.55. The van der Waals surface area contributed by atoms with Crippen LogP contribution in [0.15, 0.2) is 28.8 Å². The number of rotatable bonds is 7. The van der Waals surface area contributed by atoms with E-state index in [2.05, 4.69) is 15.0 Å². The van der Waals surface area contributed by atoms with Crippen LogP contribution in [0.25, 0.3) is 0 Å². The lowest BCUT2D eigenvalue weighted by Crippen LogP contribution is -2.40. The Labute approximate surface area is 167 Å². The lowest BCUT2D eigenvalue weighted by molar-refractivity contribution is -0.145. The molecule has 1 aliphatic rings. The van der Waals surface area contributed by atoms with Gasteiger partial charge in [-0.25, -0.2) is 0 Å². The summed E-state index contributed by atoms with van der Waals surface area (Å²) in [6.07, 6.45) is -0.959. The van der Waals surface area contributed by atoms with Gasteiger partial charge in [-0.05, 0) is 37.9 Å². The zero-order valence-corrected chi connectivity index (χ0v) is 16.2. The van der Waals surface area contributed by atoms with Crippen LogP contribution in [-0.2, 0) is 28.7 Å². The quantitative estimate of drug-likeness (QED) is 0.642. The smallest absolute Gasteiger partial charge is 0.416 e. The average molecular weight is 411 g/mol. The van der Waals surface area contributed by atoms with Gasteiger partial charge >= 0.3 is 12.1 Å². The van der Waals surface area contributed by atoms with Gasteiger partial charge in [-0.15, -0.1) is 0 Å². The molecule has 2 heterocycles. The van der Waals surface area contributed by atoms with E-state index in [-0.39, 0.29) is 18.4 Å². The zero-order valence-electron chi connectivity index (χ0n) is 16.2. The first-order valence-corrected chi connectivity index (χ1v) is 9.72. The molecule has 29 heavy (non-hydrogen) atoms. The SMILES string of the molecule is CCOC(=O)CC1CCCCN1Cc1nc(Cc2cccc(C(F)(F)F)c2)no1. The van der Waals surface area contributed by atoms with Crippen LogP contribution in [-0.4, -0.2) is 40.2 Å². The van der Waals surface area contributed by atoms with E-state index in [0.29, 0.717) is 36.9 Å². The fraction of sp³-hybridized carbons (Fsp3) is 0.550. The number of benzene rings is 1. The average Bonchev–Trinajstić information content (AvgIpc) is 3.10. The van der Waals surface area contributed by atoms with Gasteiger partial charge in [-0.3, -0.25) is 9.69 Å². The highest BCUT2D eigenvalue weighted by atomic mass is 19.4. The number of halogens is 3. The maximum absolute atomic E-state index is 12.9. The number of carbonyl (C=O) groups excluding carboxylic acids is 1. The lowest BCUT2D eigenvalue weighted by atomic mass is 9.99. The third-order valence-electron chi connectivity index (χ3n) is 4.92. The molecule has 1 saturated heterocycles. The Bertz CT molecular complexity index is 823. The summed E-state index contributed by atoms with van der Waals surface area (Å²) >= 11 is 0. The van der Waals surface area contributed by atoms with E-state index in [1.807, 2.05) is 0 Å². The van der Waals surface area contributed by atoms with E-state index < -0.39 is 11.7 Å². The van der Waals surface area contributed by atoms with Gasteiger partial charge in [-0.1, -0.05) is 29.8 Å². The Morgan fingerprint density at radius 1 is 1.34 bits per heavy atom. The monoisotopic (exact) mass is 411 g/mol. The molecule has 3 rings (SSSR count). The molecule has 1 aromatic heterocycles. The summed E-state index contributed by atoms with van der Waals surface area (Å²) in [7, 11) is 0. The van der Waals surface area contributed by atoms with Crippen molar-refractivity contribution >= 4 is 5.97 Å². The number of likely N-dealkylation sites (tertiary alicyclic amines) is 1. The van der Waals surface area contributed by atoms with Crippen LogP contribution in [0.4, 0.5) is 13.2 Å². The molecule has 0 aliphatic carbocycles. The van der Waals surface area contributed by atoms with Crippen LogP contribution in [0.5, 0.6) is 0 Å². The first-order valence-electron chi connectivity index (χ1n) is 9.72. The minimum atomic E-state index is -4.39. The molecule has 0 radical (unpaired) electrons. The van der Waals surface area contributed by atoms with Gasteiger partial charge in [0.05, 0.1) is 25.1 Å². The van der Waals surface area contributed by atoms with Gasteiger partial charge in [-0.2, -0.15) is 18.2 Å². The zero-order chi connectivity index (χ0) is 20.9. The largest absolute Gasteiger partial charge is 0.466 e. The van der Waals surface area contributed by atoms with E-state index in [9.17, 15) is 18.0 Å². The number of piperidine rings is 1. The molecule has 1 fully saturated rings. The van der Waals surface area contributed by atoms with Crippen molar-refractivity contribution in [3.8, 4) is 0 Å². The van der Waals surface area contributed by atoms with Crippen molar-refractivity contribution in [2.45, 2.75) is 57.8 Å². The molecule has 0 spiro atoms. The van der Waals surface area contributed by atoms with Crippen LogP contribution < -0.4 is 0 Å². The fourth-order valence-electron chi connectivity index (χ4n) is 3.55. The van der Waals surface area contributed by atoms with Gasteiger partial charge < -0.3 is 9.26 Å². The molecule has 9 heteroatoms. The predicted octanol–water partition coefficient (Wildman–Crippen LogP) is 3.99. The minimum Gasteiger partial charge on any atom is -0.466 e. The molecule has 1 aliphatic heterocycles. The number of esters is 1. The summed E-state index contributed by atoms with van der Waals surface area (Å²) in [5.41, 5.74) is -0.237. The molecule has 6 nitrogen and oxygen atoms in total. The summed E-state index contributed by atoms with van der Waals surface area (Å²) in [6, 6.07) is 5.15. The molecule has 1 unspecified atom stereocenters. The van der Waals surface area contributed by atoms with E-state index in [1.165, 1.54) is 6.07 Å². The number of nitrogens with zero attached hydrogens (tertiary/aromatic N) is 3. The molecule has 1 atom stereocenters. The number of aromatic nitrogens is 2. The number of hydrogen-bond donors (Lipinski definition) is 0. The van der Waals surface area contributed by atoms with Crippen molar-refractivity contribution in [3.05, 3.63) is 47.1 Å². The second-order valence-electron chi connectivity index (χ2n) is 7.11. The van der Waals surface area contributed by atoms with Gasteiger partial charge in [0.25, 0.3) is 0 Å². The summed E-state index contributed by atoms with van der Waals surface area (Å²) in [6.45, 7) is 3.35. The van der Waals surface area contributed by atoms with Crippen LogP contribution in [0, 0.1) is 0 Å². The highest BCUT2D eigenvalue weighted by Gasteiger charge is 2.30. The molecule has 0 N–H and O–H groups in total. The van der Waals surface area contributed by atoms with Crippen LogP contribution in [0.1, 0.15) is 55.4 Å². The first-order chi connectivity index (χ1) is 13.8. The summed E-state index contributed by atoms with van der Waals surface area (Å²) in [5.74, 6) is 0.501. The summed E-state index contributed by atoms with van der Waals surface area (Å²) < 4.78 is 48.9. The number of ether oxygens (including phenoxy) is 1. The first kappa shape index (κ1) is 21.3. The third-order valence-corrected chi connectivity index (χ3v) is 4.92. The van der Waals surface area contributed by atoms with Gasteiger partial charge in [0.2, 0.25) is 5.89 Å². The second kappa shape index (κ2) is 9.39. The van der Waals surface area contributed by atoms with Crippen molar-refractivity contribution in [3.63, 3.8) is 0 Å². The Kier molecular flexibility index (Phi) is 6.89. The maximum Gasteiger partial charge on any atom is 0.416 e. The standard InChI is InChI=1S/C20H24F3N3O3/c1-2-28-19(27)12-16-8-3-4-9-26(16)13-18-24-17(25-29-18)11-14-6-5-7-15(10-14)20(21,22)23/h5-7,10,16H,2-4,8-9,11-13H2,1H3. The van der Waals surface area contributed by atoms with Crippen LogP contribution in [0.3, 0.4) is 0 Å². The molecular formula is C20H24F3N3O3. The Hall–Kier alpha value is -2.42. The maximum atomic E-state index is 12.9. The van der Waals surface area contributed by atoms with E-state index in [1.54, 1.807) is 13.0 Å². The van der Waals surface area contributed by atoms with Gasteiger partial charge in [0, 0.05) is 12.5 Å². The number of hydrogen-bond acceptors (Lipinski definition) is 6. The number of carbonyl (C=O) groups is 1. The third kappa shape index (κ3) is 6.03. The highest BCUT2D eigenvalue weighted by molar-refractivity contribution is 5.70. The van der Waals surface area contributed by atoms with E-state index in [4.69, 9.17) is 9.26 Å². The van der Waals surface area contributed by atoms with E-state index in [0.717, 1.165) is 37.9 Å². The Balaban J connectivity index is 1.63. The molecule has 0 bridgehead atoms. The number of alkyl halides is 3. The van der Waals surface area contributed by atoms with Crippen LogP contribution >= 0.6 is 0 Å². The van der Waals surface area contributed by atoms with Crippen molar-refractivity contribution < 1.29 is 27.2 Å². The minimum absolute atomic E-state index is 0.0571. The molecular weight excluding hydrogens is 387 g/mol. The van der Waals surface area contributed by atoms with Crippen molar-refractivity contribution in [2.75, 3.05) is 13.2 Å². The predicted molar refractivity (Wildman–Crippen MR) is 97.8 cm³/mol. The highest BCUT2D eigenvalue weighted by Crippen LogP contribution is 2.30. The molecule has 158 valence electrons. The summed E-state index contributed by atoms with van der Waals surface area (Å²) in [5, 5.41) is 3.90. The molecule has 0 amide bonds. The Morgan fingerprint density at radius 3 is 2.93 bits per heavy atom. The van der Waals surface area contributed by atoms with Crippen LogP contribution in [0.2, 0.25) is 0 Å². The van der Waals surface area contributed by atoms with Crippen molar-refractivity contribution in [1.29, 1.82) is 0 Å². The summed E-state index contributed by atoms with van der Waals surface area (Å²) in [4.78, 5) is 18.3. The van der Waals surface area contributed by atoms with Crippen molar-refractivity contribution in [1.82, 2.24) is 15.0 Å².